The summed E-state index contributed by atoms with van der Waals surface area (Å²) in [5, 5.41) is 11.1. The van der Waals surface area contributed by atoms with Crippen molar-refractivity contribution in [3.05, 3.63) is 35.2 Å². The number of halogens is 1. The van der Waals surface area contributed by atoms with Crippen LogP contribution in [0.25, 0.3) is 10.1 Å². The number of hydrogen-bond donors (Lipinski definition) is 1. The van der Waals surface area contributed by atoms with Gasteiger partial charge in [0.25, 0.3) is 0 Å². The highest BCUT2D eigenvalue weighted by atomic mass is 35.5. The van der Waals surface area contributed by atoms with Crippen LogP contribution in [0.5, 0.6) is 0 Å². The highest BCUT2D eigenvalue weighted by molar-refractivity contribution is 7.17. The van der Waals surface area contributed by atoms with Crippen LogP contribution in [0.1, 0.15) is 19.4 Å². The van der Waals surface area contributed by atoms with Crippen molar-refractivity contribution in [3.8, 4) is 0 Å². The van der Waals surface area contributed by atoms with E-state index in [1.807, 2.05) is 26.0 Å². The maximum absolute atomic E-state index is 7.75. The Bertz CT molecular complexity index is 507. The lowest BCUT2D eigenvalue weighted by atomic mass is 10.1. The SMILES string of the molecule is CC(C)OC(=N)Cc1csc2ccccc12.Cl. The molecule has 92 valence electrons. The molecule has 0 aliphatic rings. The molecule has 2 rings (SSSR count). The molecule has 17 heavy (non-hydrogen) atoms. The lowest BCUT2D eigenvalue weighted by Crippen LogP contribution is -2.12. The molecule has 0 aliphatic heterocycles. The van der Waals surface area contributed by atoms with Crippen molar-refractivity contribution in [2.75, 3.05) is 0 Å². The summed E-state index contributed by atoms with van der Waals surface area (Å²) in [6.45, 7) is 3.89. The van der Waals surface area contributed by atoms with Gasteiger partial charge in [0, 0.05) is 11.1 Å². The van der Waals surface area contributed by atoms with E-state index in [9.17, 15) is 0 Å². The molecule has 2 aromatic rings. The monoisotopic (exact) mass is 269 g/mol. The minimum atomic E-state index is 0. The Kier molecular flexibility index (Phi) is 4.97. The first kappa shape index (κ1) is 14.0. The first-order chi connectivity index (χ1) is 7.66. The first-order valence-electron chi connectivity index (χ1n) is 5.36. The summed E-state index contributed by atoms with van der Waals surface area (Å²) in [7, 11) is 0. The summed E-state index contributed by atoms with van der Waals surface area (Å²) in [5.74, 6) is 0.346. The van der Waals surface area contributed by atoms with Crippen molar-refractivity contribution in [2.45, 2.75) is 26.4 Å². The van der Waals surface area contributed by atoms with E-state index >= 15 is 0 Å². The van der Waals surface area contributed by atoms with Gasteiger partial charge in [0.15, 0.2) is 5.90 Å². The molecule has 0 saturated heterocycles. The largest absolute Gasteiger partial charge is 0.478 e. The van der Waals surface area contributed by atoms with Gasteiger partial charge in [0.2, 0.25) is 0 Å². The summed E-state index contributed by atoms with van der Waals surface area (Å²) >= 11 is 1.72. The quantitative estimate of drug-likeness (QED) is 0.655. The third-order valence-electron chi connectivity index (χ3n) is 2.29. The maximum Gasteiger partial charge on any atom is 0.185 e. The molecule has 0 bridgehead atoms. The number of hydrogen-bond acceptors (Lipinski definition) is 3. The number of ether oxygens (including phenoxy) is 1. The summed E-state index contributed by atoms with van der Waals surface area (Å²) < 4.78 is 6.63. The Morgan fingerprint density at radius 3 is 2.76 bits per heavy atom. The topological polar surface area (TPSA) is 33.1 Å². The zero-order chi connectivity index (χ0) is 11.5. The van der Waals surface area contributed by atoms with Crippen LogP contribution >= 0.6 is 23.7 Å². The van der Waals surface area contributed by atoms with E-state index in [4.69, 9.17) is 10.1 Å². The van der Waals surface area contributed by atoms with Crippen LogP contribution in [0.3, 0.4) is 0 Å². The molecule has 0 radical (unpaired) electrons. The Morgan fingerprint density at radius 2 is 2.06 bits per heavy atom. The van der Waals surface area contributed by atoms with E-state index in [1.165, 1.54) is 15.6 Å². The standard InChI is InChI=1S/C13H15NOS.ClH/c1-9(2)15-13(14)7-10-8-16-12-6-4-3-5-11(10)12;/h3-6,8-9,14H,7H2,1-2H3;1H. The lowest BCUT2D eigenvalue weighted by molar-refractivity contribution is 0.221. The van der Waals surface area contributed by atoms with Gasteiger partial charge in [-0.15, -0.1) is 23.7 Å². The van der Waals surface area contributed by atoms with Crippen molar-refractivity contribution in [2.24, 2.45) is 0 Å². The molecule has 0 aliphatic carbocycles. The normalized spacial score (nSPS) is 10.3. The molecule has 1 aromatic heterocycles. The number of benzene rings is 1. The Balaban J connectivity index is 0.00000144. The summed E-state index contributed by atoms with van der Waals surface area (Å²) in [6.07, 6.45) is 0.666. The van der Waals surface area contributed by atoms with Crippen LogP contribution in [-0.4, -0.2) is 12.0 Å². The van der Waals surface area contributed by atoms with Crippen LogP contribution in [0.4, 0.5) is 0 Å². The van der Waals surface area contributed by atoms with Gasteiger partial charge in [0.05, 0.1) is 6.10 Å². The van der Waals surface area contributed by atoms with E-state index in [-0.39, 0.29) is 18.5 Å². The van der Waals surface area contributed by atoms with Gasteiger partial charge in [-0.3, -0.25) is 5.41 Å². The van der Waals surface area contributed by atoms with E-state index < -0.39 is 0 Å². The van der Waals surface area contributed by atoms with Crippen molar-refractivity contribution >= 4 is 39.7 Å². The molecule has 0 fully saturated rings. The predicted molar refractivity (Wildman–Crippen MR) is 76.7 cm³/mol. The molecule has 0 amide bonds. The van der Waals surface area contributed by atoms with Crippen LogP contribution in [0.2, 0.25) is 0 Å². The summed E-state index contributed by atoms with van der Waals surface area (Å²) in [5.41, 5.74) is 1.19. The fraction of sp³-hybridized carbons (Fsp3) is 0.308. The number of fused-ring (bicyclic) bond motifs is 1. The van der Waals surface area contributed by atoms with Crippen molar-refractivity contribution in [1.29, 1.82) is 5.41 Å². The van der Waals surface area contributed by atoms with Gasteiger partial charge >= 0.3 is 0 Å². The highest BCUT2D eigenvalue weighted by Gasteiger charge is 2.07. The maximum atomic E-state index is 7.75. The fourth-order valence-corrected chi connectivity index (χ4v) is 2.63. The molecule has 0 saturated carbocycles. The van der Waals surface area contributed by atoms with Crippen molar-refractivity contribution in [3.63, 3.8) is 0 Å². The Labute approximate surface area is 112 Å². The third kappa shape index (κ3) is 3.45. The fourth-order valence-electron chi connectivity index (χ4n) is 1.67. The van der Waals surface area contributed by atoms with Crippen molar-refractivity contribution in [1.82, 2.24) is 0 Å². The molecule has 4 heteroatoms. The molecule has 2 nitrogen and oxygen atoms in total. The number of thiophene rings is 1. The molecule has 0 unspecified atom stereocenters. The zero-order valence-corrected chi connectivity index (χ0v) is 11.5. The molecular formula is C13H16ClNOS. The van der Waals surface area contributed by atoms with Crippen LogP contribution in [0.15, 0.2) is 29.6 Å². The van der Waals surface area contributed by atoms with Gasteiger partial charge in [-0.1, -0.05) is 18.2 Å². The molecule has 1 heterocycles. The third-order valence-corrected chi connectivity index (χ3v) is 3.30. The van der Waals surface area contributed by atoms with Crippen LogP contribution in [0, 0.1) is 5.41 Å². The molecular weight excluding hydrogens is 254 g/mol. The average Bonchev–Trinajstić information content (AvgIpc) is 2.61. The number of rotatable bonds is 3. The first-order valence-corrected chi connectivity index (χ1v) is 6.24. The Morgan fingerprint density at radius 1 is 1.35 bits per heavy atom. The number of nitrogens with one attached hydrogen (secondary N) is 1. The molecule has 1 aromatic carbocycles. The van der Waals surface area contributed by atoms with E-state index in [0.717, 1.165) is 0 Å². The second-order valence-electron chi connectivity index (χ2n) is 4.02. The smallest absolute Gasteiger partial charge is 0.185 e. The second kappa shape index (κ2) is 6.03. The van der Waals surface area contributed by atoms with Crippen molar-refractivity contribution < 1.29 is 4.74 Å². The zero-order valence-electron chi connectivity index (χ0n) is 9.90. The highest BCUT2D eigenvalue weighted by Crippen LogP contribution is 2.26. The predicted octanol–water partition coefficient (Wildman–Crippen LogP) is 4.27. The molecule has 0 atom stereocenters. The Hall–Kier alpha value is -1.06. The van der Waals surface area contributed by atoms with Gasteiger partial charge < -0.3 is 4.74 Å². The summed E-state index contributed by atoms with van der Waals surface area (Å²) in [4.78, 5) is 0. The second-order valence-corrected chi connectivity index (χ2v) is 4.93. The molecule has 1 N–H and O–H groups in total. The molecule has 0 spiro atoms. The minimum Gasteiger partial charge on any atom is -0.478 e. The summed E-state index contributed by atoms with van der Waals surface area (Å²) in [6, 6.07) is 8.28. The van der Waals surface area contributed by atoms with Gasteiger partial charge in [-0.05, 0) is 36.2 Å². The lowest BCUT2D eigenvalue weighted by Gasteiger charge is -2.09. The minimum absolute atomic E-state index is 0. The van der Waals surface area contributed by atoms with Gasteiger partial charge in [-0.2, -0.15) is 0 Å². The van der Waals surface area contributed by atoms with E-state index in [1.54, 1.807) is 11.3 Å². The van der Waals surface area contributed by atoms with Gasteiger partial charge in [-0.25, -0.2) is 0 Å². The van der Waals surface area contributed by atoms with E-state index in [2.05, 4.69) is 17.5 Å². The van der Waals surface area contributed by atoms with Gasteiger partial charge in [0.1, 0.15) is 0 Å². The van der Waals surface area contributed by atoms with Crippen LogP contribution in [-0.2, 0) is 11.2 Å². The van der Waals surface area contributed by atoms with E-state index in [0.29, 0.717) is 12.3 Å². The average molecular weight is 270 g/mol. The van der Waals surface area contributed by atoms with Crippen LogP contribution < -0.4 is 0 Å².